The Balaban J connectivity index is 1.79. The molecular formula is C17H13N2O5S2-. The van der Waals surface area contributed by atoms with Gasteiger partial charge in [-0.2, -0.15) is 0 Å². The summed E-state index contributed by atoms with van der Waals surface area (Å²) in [5.41, 5.74) is 0.817. The van der Waals surface area contributed by atoms with E-state index in [0.29, 0.717) is 4.91 Å². The van der Waals surface area contributed by atoms with Crippen LogP contribution in [-0.4, -0.2) is 50.4 Å². The fraction of sp³-hybridized carbons (Fsp3) is 0.235. The third kappa shape index (κ3) is 3.54. The van der Waals surface area contributed by atoms with Crippen LogP contribution in [0.15, 0.2) is 35.2 Å². The van der Waals surface area contributed by atoms with Crippen molar-refractivity contribution in [1.29, 1.82) is 0 Å². The molecule has 26 heavy (non-hydrogen) atoms. The Bertz CT molecular complexity index is 837. The fourth-order valence-electron chi connectivity index (χ4n) is 2.75. The number of benzene rings is 1. The van der Waals surface area contributed by atoms with E-state index in [1.165, 1.54) is 0 Å². The number of hydrogen-bond acceptors (Lipinski definition) is 7. The lowest BCUT2D eigenvalue weighted by atomic mass is 10.2. The quantitative estimate of drug-likeness (QED) is 0.402. The van der Waals surface area contributed by atoms with Gasteiger partial charge in [-0.1, -0.05) is 54.3 Å². The highest BCUT2D eigenvalue weighted by atomic mass is 32.2. The maximum absolute atomic E-state index is 12.7. The van der Waals surface area contributed by atoms with Crippen LogP contribution in [-0.2, 0) is 19.2 Å². The lowest BCUT2D eigenvalue weighted by molar-refractivity contribution is -0.305. The summed E-state index contributed by atoms with van der Waals surface area (Å²) in [6.45, 7) is -0.273. The minimum absolute atomic E-state index is 0.199. The molecule has 0 N–H and O–H groups in total. The number of carbonyl (C=O) groups excluding carboxylic acids is 4. The van der Waals surface area contributed by atoms with Crippen LogP contribution in [0, 0.1) is 0 Å². The highest BCUT2D eigenvalue weighted by Crippen LogP contribution is 2.36. The Morgan fingerprint density at radius 2 is 1.96 bits per heavy atom. The van der Waals surface area contributed by atoms with Gasteiger partial charge in [-0.15, -0.1) is 0 Å². The van der Waals surface area contributed by atoms with E-state index in [9.17, 15) is 24.3 Å². The zero-order valence-electron chi connectivity index (χ0n) is 13.4. The Morgan fingerprint density at radius 1 is 1.27 bits per heavy atom. The number of aliphatic carboxylic acids is 1. The molecule has 0 aliphatic carbocycles. The molecule has 7 nitrogen and oxygen atoms in total. The monoisotopic (exact) mass is 389 g/mol. The number of carboxylic acids is 1. The first-order valence-corrected chi connectivity index (χ1v) is 8.97. The van der Waals surface area contributed by atoms with Crippen molar-refractivity contribution in [3.63, 3.8) is 0 Å². The number of carboxylic acid groups (broad SMARTS) is 1. The molecule has 0 radical (unpaired) electrons. The zero-order chi connectivity index (χ0) is 18.8. The van der Waals surface area contributed by atoms with Gasteiger partial charge in [0.15, 0.2) is 0 Å². The van der Waals surface area contributed by atoms with Crippen molar-refractivity contribution in [1.82, 2.24) is 9.80 Å². The SMILES string of the molecule is O=C([O-])CCN1C(=O)CC(N2C(=O)C(=Cc3ccccc3)SC2=S)C1=O. The first-order valence-electron chi connectivity index (χ1n) is 7.74. The molecular weight excluding hydrogens is 376 g/mol. The second kappa shape index (κ2) is 7.38. The second-order valence-electron chi connectivity index (χ2n) is 5.69. The van der Waals surface area contributed by atoms with Crippen LogP contribution >= 0.6 is 24.0 Å². The number of rotatable bonds is 5. The van der Waals surface area contributed by atoms with E-state index in [4.69, 9.17) is 12.2 Å². The third-order valence-corrected chi connectivity index (χ3v) is 5.32. The highest BCUT2D eigenvalue weighted by molar-refractivity contribution is 8.26. The standard InChI is InChI=1S/C17H14N2O5S2/c20-13-9-11(15(23)18(13)7-6-14(21)22)19-16(24)12(26-17(19)25)8-10-4-2-1-3-5-10/h1-5,8,11H,6-7,9H2,(H,21,22)/p-1. The Hall–Kier alpha value is -2.52. The van der Waals surface area contributed by atoms with Crippen molar-refractivity contribution in [2.24, 2.45) is 0 Å². The van der Waals surface area contributed by atoms with Gasteiger partial charge in [0.1, 0.15) is 10.4 Å². The zero-order valence-corrected chi connectivity index (χ0v) is 15.0. The molecule has 1 atom stereocenters. The number of likely N-dealkylation sites (tertiary alicyclic amines) is 1. The van der Waals surface area contributed by atoms with E-state index in [-0.39, 0.29) is 17.3 Å². The van der Waals surface area contributed by atoms with Gasteiger partial charge < -0.3 is 9.90 Å². The molecule has 0 bridgehead atoms. The molecule has 134 valence electrons. The minimum atomic E-state index is -1.36. The molecule has 2 heterocycles. The van der Waals surface area contributed by atoms with Crippen LogP contribution in [0.2, 0.25) is 0 Å². The van der Waals surface area contributed by atoms with Crippen LogP contribution in [0.5, 0.6) is 0 Å². The number of nitrogens with zero attached hydrogens (tertiary/aromatic N) is 2. The van der Waals surface area contributed by atoms with Crippen LogP contribution in [0.3, 0.4) is 0 Å². The number of carbonyl (C=O) groups is 4. The Labute approximate surface area is 158 Å². The molecule has 0 saturated carbocycles. The van der Waals surface area contributed by atoms with E-state index in [0.717, 1.165) is 27.1 Å². The Morgan fingerprint density at radius 3 is 2.62 bits per heavy atom. The van der Waals surface area contributed by atoms with E-state index >= 15 is 0 Å². The second-order valence-corrected chi connectivity index (χ2v) is 7.36. The predicted octanol–water partition coefficient (Wildman–Crippen LogP) is 0.155. The summed E-state index contributed by atoms with van der Waals surface area (Å²) >= 11 is 6.29. The van der Waals surface area contributed by atoms with Gasteiger partial charge in [0.25, 0.3) is 11.8 Å². The summed E-state index contributed by atoms with van der Waals surface area (Å²) < 4.78 is 0.199. The van der Waals surface area contributed by atoms with Gasteiger partial charge in [0, 0.05) is 18.9 Å². The number of hydrogen-bond donors (Lipinski definition) is 0. The van der Waals surface area contributed by atoms with E-state index in [2.05, 4.69) is 0 Å². The topological polar surface area (TPSA) is 97.8 Å². The van der Waals surface area contributed by atoms with Crippen LogP contribution in [0.1, 0.15) is 18.4 Å². The van der Waals surface area contributed by atoms with Crippen molar-refractivity contribution < 1.29 is 24.3 Å². The first-order chi connectivity index (χ1) is 12.4. The number of imide groups is 1. The number of thiocarbonyl (C=S) groups is 1. The van der Waals surface area contributed by atoms with Gasteiger partial charge in [0.2, 0.25) is 5.91 Å². The minimum Gasteiger partial charge on any atom is -0.550 e. The molecule has 9 heteroatoms. The molecule has 2 aliphatic heterocycles. The maximum Gasteiger partial charge on any atom is 0.266 e. The highest BCUT2D eigenvalue weighted by Gasteiger charge is 2.48. The lowest BCUT2D eigenvalue weighted by Gasteiger charge is -2.21. The van der Waals surface area contributed by atoms with E-state index < -0.39 is 36.2 Å². The summed E-state index contributed by atoms with van der Waals surface area (Å²) in [6.07, 6.45) is 1.02. The normalized spacial score (nSPS) is 22.0. The summed E-state index contributed by atoms with van der Waals surface area (Å²) in [5, 5.41) is 10.6. The molecule has 1 unspecified atom stereocenters. The molecule has 1 aromatic carbocycles. The summed E-state index contributed by atoms with van der Waals surface area (Å²) in [5.74, 6) is -2.93. The van der Waals surface area contributed by atoms with Crippen molar-refractivity contribution in [2.75, 3.05) is 6.54 Å². The fourth-order valence-corrected chi connectivity index (χ4v) is 4.11. The van der Waals surface area contributed by atoms with Crippen molar-refractivity contribution in [3.05, 3.63) is 40.8 Å². The summed E-state index contributed by atoms with van der Waals surface area (Å²) in [7, 11) is 0. The average Bonchev–Trinajstić information content (AvgIpc) is 3.02. The van der Waals surface area contributed by atoms with Gasteiger partial charge in [-0.05, 0) is 11.6 Å². The molecule has 2 saturated heterocycles. The smallest absolute Gasteiger partial charge is 0.266 e. The Kier molecular flexibility index (Phi) is 5.19. The van der Waals surface area contributed by atoms with Crippen molar-refractivity contribution >= 4 is 58.1 Å². The average molecular weight is 389 g/mol. The van der Waals surface area contributed by atoms with Gasteiger partial charge >= 0.3 is 0 Å². The third-order valence-electron chi connectivity index (χ3n) is 3.99. The molecule has 2 aliphatic rings. The van der Waals surface area contributed by atoms with E-state index in [1.54, 1.807) is 6.08 Å². The summed E-state index contributed by atoms with van der Waals surface area (Å²) in [6, 6.07) is 8.16. The lowest BCUT2D eigenvalue weighted by Crippen LogP contribution is -2.44. The molecule has 3 rings (SSSR count). The van der Waals surface area contributed by atoms with Gasteiger partial charge in [-0.25, -0.2) is 0 Å². The molecule has 0 spiro atoms. The maximum atomic E-state index is 12.7. The molecule has 0 aromatic heterocycles. The summed E-state index contributed by atoms with van der Waals surface area (Å²) in [4.78, 5) is 50.2. The molecule has 1 aromatic rings. The van der Waals surface area contributed by atoms with Gasteiger partial charge in [-0.3, -0.25) is 24.2 Å². The number of amides is 3. The largest absolute Gasteiger partial charge is 0.550 e. The molecule has 2 fully saturated rings. The van der Waals surface area contributed by atoms with Crippen LogP contribution in [0.4, 0.5) is 0 Å². The predicted molar refractivity (Wildman–Crippen MR) is 96.2 cm³/mol. The van der Waals surface area contributed by atoms with Crippen LogP contribution < -0.4 is 5.11 Å². The number of thioether (sulfide) groups is 1. The van der Waals surface area contributed by atoms with E-state index in [1.807, 2.05) is 30.3 Å². The first kappa shape index (κ1) is 18.3. The van der Waals surface area contributed by atoms with Crippen molar-refractivity contribution in [2.45, 2.75) is 18.9 Å². The van der Waals surface area contributed by atoms with Crippen molar-refractivity contribution in [3.8, 4) is 0 Å². The molecule has 3 amide bonds. The van der Waals surface area contributed by atoms with Gasteiger partial charge in [0.05, 0.1) is 11.3 Å². The van der Waals surface area contributed by atoms with Crippen LogP contribution in [0.25, 0.3) is 6.08 Å².